The number of rotatable bonds is 8. The number of esters is 1. The van der Waals surface area contributed by atoms with Crippen molar-refractivity contribution in [1.29, 1.82) is 5.26 Å². The van der Waals surface area contributed by atoms with Crippen LogP contribution in [0.15, 0.2) is 47.4 Å². The molecule has 0 radical (unpaired) electrons. The van der Waals surface area contributed by atoms with E-state index in [1.165, 1.54) is 0 Å². The number of anilines is 1. The van der Waals surface area contributed by atoms with E-state index in [1.807, 2.05) is 38.3 Å². The molecule has 0 spiro atoms. The first kappa shape index (κ1) is 20.7. The summed E-state index contributed by atoms with van der Waals surface area (Å²) >= 11 is 1.56. The van der Waals surface area contributed by atoms with Gasteiger partial charge in [-0.15, -0.1) is 11.8 Å². The third-order valence-corrected chi connectivity index (χ3v) is 4.49. The van der Waals surface area contributed by atoms with Gasteiger partial charge in [0.2, 0.25) is 0 Å². The summed E-state index contributed by atoms with van der Waals surface area (Å²) in [5, 5.41) is 12.1. The number of nitrogens with zero attached hydrogens (tertiary/aromatic N) is 1. The lowest BCUT2D eigenvalue weighted by Crippen LogP contribution is -2.23. The van der Waals surface area contributed by atoms with Crippen LogP contribution in [0.2, 0.25) is 0 Å². The lowest BCUT2D eigenvalue weighted by Gasteiger charge is -2.21. The molecule has 142 valence electrons. The molecule has 6 heteroatoms. The normalized spacial score (nSPS) is 11.6. The number of thioether (sulfide) groups is 1. The summed E-state index contributed by atoms with van der Waals surface area (Å²) < 4.78 is 11.1. The third-order valence-electron chi connectivity index (χ3n) is 3.73. The van der Waals surface area contributed by atoms with Crippen LogP contribution in [0.5, 0.6) is 5.75 Å². The minimum absolute atomic E-state index is 0.0689. The molecule has 27 heavy (non-hydrogen) atoms. The Labute approximate surface area is 164 Å². The van der Waals surface area contributed by atoms with Gasteiger partial charge in [0.05, 0.1) is 24.3 Å². The Balaban J connectivity index is 2.35. The maximum absolute atomic E-state index is 12.6. The highest BCUT2D eigenvalue weighted by Crippen LogP contribution is 2.33. The number of ether oxygens (including phenoxy) is 2. The maximum Gasteiger partial charge on any atom is 0.333 e. The van der Waals surface area contributed by atoms with Crippen molar-refractivity contribution in [2.45, 2.75) is 37.8 Å². The molecule has 5 nitrogen and oxygen atoms in total. The van der Waals surface area contributed by atoms with E-state index in [-0.39, 0.29) is 12.1 Å². The van der Waals surface area contributed by atoms with Gasteiger partial charge in [-0.2, -0.15) is 5.26 Å². The van der Waals surface area contributed by atoms with Crippen LogP contribution in [0, 0.1) is 11.3 Å². The van der Waals surface area contributed by atoms with E-state index >= 15 is 0 Å². The van der Waals surface area contributed by atoms with Crippen LogP contribution in [0.1, 0.15) is 37.9 Å². The van der Waals surface area contributed by atoms with Crippen molar-refractivity contribution in [3.05, 3.63) is 53.6 Å². The fourth-order valence-corrected chi connectivity index (χ4v) is 3.10. The Morgan fingerprint density at radius 3 is 2.48 bits per heavy atom. The Bertz CT molecular complexity index is 813. The Hall–Kier alpha value is -2.65. The van der Waals surface area contributed by atoms with E-state index in [1.54, 1.807) is 43.0 Å². The minimum Gasteiger partial charge on any atom is -0.490 e. The number of nitriles is 1. The van der Waals surface area contributed by atoms with Gasteiger partial charge in [-0.1, -0.05) is 6.07 Å². The second-order valence-electron chi connectivity index (χ2n) is 6.10. The standard InChI is InChI=1S/C21H24N2O3S/c1-5-25-21(24)20(23-17-9-6-15(13-22)7-10-17)16-8-11-18(26-14(2)3)19(12-16)27-4/h6-12,14,20,23H,5H2,1-4H3. The van der Waals surface area contributed by atoms with E-state index < -0.39 is 6.04 Å². The lowest BCUT2D eigenvalue weighted by atomic mass is 10.1. The number of carbonyl (C=O) groups is 1. The van der Waals surface area contributed by atoms with Crippen LogP contribution in [0.3, 0.4) is 0 Å². The third kappa shape index (κ3) is 5.66. The van der Waals surface area contributed by atoms with Gasteiger partial charge in [0.1, 0.15) is 5.75 Å². The minimum atomic E-state index is -0.656. The van der Waals surface area contributed by atoms with E-state index in [0.29, 0.717) is 12.2 Å². The molecule has 0 fully saturated rings. The molecule has 2 rings (SSSR count). The molecule has 0 aromatic heterocycles. The van der Waals surface area contributed by atoms with Gasteiger partial charge < -0.3 is 14.8 Å². The van der Waals surface area contributed by atoms with Crippen molar-refractivity contribution in [3.63, 3.8) is 0 Å². The first-order chi connectivity index (χ1) is 13.0. The molecule has 0 saturated heterocycles. The zero-order chi connectivity index (χ0) is 19.8. The predicted molar refractivity (Wildman–Crippen MR) is 108 cm³/mol. The van der Waals surface area contributed by atoms with Crippen LogP contribution in [-0.2, 0) is 9.53 Å². The highest BCUT2D eigenvalue weighted by Gasteiger charge is 2.23. The van der Waals surface area contributed by atoms with Crippen LogP contribution < -0.4 is 10.1 Å². The van der Waals surface area contributed by atoms with Gasteiger partial charge in [0, 0.05) is 10.6 Å². The molecule has 0 aliphatic carbocycles. The van der Waals surface area contributed by atoms with Crippen molar-refractivity contribution in [2.24, 2.45) is 0 Å². The molecule has 0 aliphatic heterocycles. The number of hydrogen-bond donors (Lipinski definition) is 1. The fraction of sp³-hybridized carbons (Fsp3) is 0.333. The number of benzene rings is 2. The molecule has 2 aromatic rings. The first-order valence-electron chi connectivity index (χ1n) is 8.76. The number of carbonyl (C=O) groups excluding carboxylic acids is 1. The van der Waals surface area contributed by atoms with Crippen LogP contribution in [-0.4, -0.2) is 24.9 Å². The van der Waals surface area contributed by atoms with Crippen LogP contribution in [0.25, 0.3) is 0 Å². The van der Waals surface area contributed by atoms with Crippen molar-refractivity contribution >= 4 is 23.4 Å². The molecule has 1 N–H and O–H groups in total. The quantitative estimate of drug-likeness (QED) is 0.521. The second kappa shape index (κ2) is 9.89. The van der Waals surface area contributed by atoms with Crippen LogP contribution in [0.4, 0.5) is 5.69 Å². The van der Waals surface area contributed by atoms with Gasteiger partial charge in [0.25, 0.3) is 0 Å². The zero-order valence-electron chi connectivity index (χ0n) is 16.0. The largest absolute Gasteiger partial charge is 0.490 e. The van der Waals surface area contributed by atoms with Crippen LogP contribution >= 0.6 is 11.8 Å². The molecule has 0 heterocycles. The zero-order valence-corrected chi connectivity index (χ0v) is 16.8. The second-order valence-corrected chi connectivity index (χ2v) is 6.94. The van der Waals surface area contributed by atoms with Crippen molar-refractivity contribution < 1.29 is 14.3 Å². The summed E-state index contributed by atoms with van der Waals surface area (Å²) in [6.07, 6.45) is 2.04. The Morgan fingerprint density at radius 1 is 1.22 bits per heavy atom. The first-order valence-corrected chi connectivity index (χ1v) is 9.98. The van der Waals surface area contributed by atoms with E-state index in [0.717, 1.165) is 21.9 Å². The average Bonchev–Trinajstić information content (AvgIpc) is 2.66. The summed E-state index contributed by atoms with van der Waals surface area (Å²) in [6.45, 7) is 6.04. The molecular weight excluding hydrogens is 360 g/mol. The monoisotopic (exact) mass is 384 g/mol. The van der Waals surface area contributed by atoms with Crippen molar-refractivity contribution in [3.8, 4) is 11.8 Å². The molecule has 0 saturated carbocycles. The summed E-state index contributed by atoms with van der Waals surface area (Å²) in [5.74, 6) is 0.439. The molecular formula is C21H24N2O3S. The summed E-state index contributed by atoms with van der Waals surface area (Å²) in [7, 11) is 0. The molecule has 0 bridgehead atoms. The lowest BCUT2D eigenvalue weighted by molar-refractivity contribution is -0.144. The number of hydrogen-bond acceptors (Lipinski definition) is 6. The Kier molecular flexibility index (Phi) is 7.56. The highest BCUT2D eigenvalue weighted by atomic mass is 32.2. The smallest absolute Gasteiger partial charge is 0.333 e. The molecule has 0 amide bonds. The molecule has 1 unspecified atom stereocenters. The molecule has 1 atom stereocenters. The fourth-order valence-electron chi connectivity index (χ4n) is 2.53. The highest BCUT2D eigenvalue weighted by molar-refractivity contribution is 7.98. The average molecular weight is 385 g/mol. The van der Waals surface area contributed by atoms with Gasteiger partial charge in [-0.3, -0.25) is 0 Å². The van der Waals surface area contributed by atoms with Gasteiger partial charge >= 0.3 is 5.97 Å². The molecule has 0 aliphatic rings. The summed E-state index contributed by atoms with van der Waals surface area (Å²) in [4.78, 5) is 13.5. The van der Waals surface area contributed by atoms with Gasteiger partial charge in [-0.25, -0.2) is 4.79 Å². The topological polar surface area (TPSA) is 71.3 Å². The van der Waals surface area contributed by atoms with Crippen molar-refractivity contribution in [2.75, 3.05) is 18.2 Å². The predicted octanol–water partition coefficient (Wildman–Crippen LogP) is 4.78. The van der Waals surface area contributed by atoms with E-state index in [9.17, 15) is 4.79 Å². The molecule has 2 aromatic carbocycles. The van der Waals surface area contributed by atoms with E-state index in [4.69, 9.17) is 14.7 Å². The number of nitrogens with one attached hydrogen (secondary N) is 1. The van der Waals surface area contributed by atoms with Gasteiger partial charge in [0.15, 0.2) is 6.04 Å². The van der Waals surface area contributed by atoms with Crippen molar-refractivity contribution in [1.82, 2.24) is 0 Å². The Morgan fingerprint density at radius 2 is 1.93 bits per heavy atom. The van der Waals surface area contributed by atoms with E-state index in [2.05, 4.69) is 11.4 Å². The van der Waals surface area contributed by atoms with Gasteiger partial charge in [-0.05, 0) is 69.0 Å². The summed E-state index contributed by atoms with van der Waals surface area (Å²) in [6, 6.07) is 14.1. The summed E-state index contributed by atoms with van der Waals surface area (Å²) in [5.41, 5.74) is 2.09. The SMILES string of the molecule is CCOC(=O)C(Nc1ccc(C#N)cc1)c1ccc(OC(C)C)c(SC)c1. The maximum atomic E-state index is 12.6.